The fraction of sp³-hybridized carbons (Fsp3) is 0.500. The molecule has 0 saturated carbocycles. The highest BCUT2D eigenvalue weighted by molar-refractivity contribution is 5.75. The molecular formula is C14H22N2O2. The first-order chi connectivity index (χ1) is 8.67. The molecule has 2 N–H and O–H groups in total. The minimum atomic E-state index is 0.0252. The van der Waals surface area contributed by atoms with Gasteiger partial charge in [-0.05, 0) is 38.6 Å². The molecule has 0 radical (unpaired) electrons. The maximum Gasteiger partial charge on any atom is 0.223 e. The van der Waals surface area contributed by atoms with Crippen LogP contribution in [0.3, 0.4) is 0 Å². The summed E-state index contributed by atoms with van der Waals surface area (Å²) in [5.41, 5.74) is 1.17. The molecule has 0 heterocycles. The summed E-state index contributed by atoms with van der Waals surface area (Å²) in [6.45, 7) is 5.06. The molecule has 1 aromatic carbocycles. The van der Waals surface area contributed by atoms with Gasteiger partial charge in [-0.15, -0.1) is 0 Å². The summed E-state index contributed by atoms with van der Waals surface area (Å²) in [6, 6.07) is 8.21. The summed E-state index contributed by atoms with van der Waals surface area (Å²) in [7, 11) is 1.92. The van der Waals surface area contributed by atoms with Gasteiger partial charge in [-0.3, -0.25) is 4.79 Å². The number of carbonyl (C=O) groups excluding carboxylic acids is 1. The predicted molar refractivity (Wildman–Crippen MR) is 72.7 cm³/mol. The van der Waals surface area contributed by atoms with E-state index in [9.17, 15) is 4.79 Å². The zero-order valence-electron chi connectivity index (χ0n) is 11.3. The number of hydrogen-bond acceptors (Lipinski definition) is 3. The number of ether oxygens (including phenoxy) is 1. The molecule has 0 fully saturated rings. The summed E-state index contributed by atoms with van der Waals surface area (Å²) in [5, 5.41) is 5.92. The van der Waals surface area contributed by atoms with E-state index in [2.05, 4.69) is 23.6 Å². The Kier molecular flexibility index (Phi) is 6.22. The lowest BCUT2D eigenvalue weighted by molar-refractivity contribution is -0.121. The average Bonchev–Trinajstić information content (AvgIpc) is 2.38. The summed E-state index contributed by atoms with van der Waals surface area (Å²) in [4.78, 5) is 11.3. The summed E-state index contributed by atoms with van der Waals surface area (Å²) in [6.07, 6.45) is 0.389. The molecule has 1 rings (SSSR count). The summed E-state index contributed by atoms with van der Waals surface area (Å²) in [5.74, 6) is 0.830. The van der Waals surface area contributed by atoms with E-state index in [-0.39, 0.29) is 11.9 Å². The lowest BCUT2D eigenvalue weighted by Crippen LogP contribution is -2.24. The molecular weight excluding hydrogens is 228 g/mol. The number of hydrogen-bond donors (Lipinski definition) is 2. The van der Waals surface area contributed by atoms with E-state index < -0.39 is 0 Å². The third kappa shape index (κ3) is 4.75. The van der Waals surface area contributed by atoms with Gasteiger partial charge in [-0.2, -0.15) is 0 Å². The van der Waals surface area contributed by atoms with Gasteiger partial charge in [0.05, 0.1) is 13.0 Å². The average molecular weight is 250 g/mol. The molecule has 0 aliphatic rings. The van der Waals surface area contributed by atoms with Gasteiger partial charge in [0.1, 0.15) is 5.75 Å². The van der Waals surface area contributed by atoms with E-state index in [4.69, 9.17) is 4.74 Å². The minimum absolute atomic E-state index is 0.0252. The maximum atomic E-state index is 11.3. The highest BCUT2D eigenvalue weighted by atomic mass is 16.5. The minimum Gasteiger partial charge on any atom is -0.493 e. The summed E-state index contributed by atoms with van der Waals surface area (Å²) >= 11 is 0. The molecule has 1 unspecified atom stereocenters. The van der Waals surface area contributed by atoms with Crippen molar-refractivity contribution < 1.29 is 9.53 Å². The third-order valence-corrected chi connectivity index (χ3v) is 2.76. The van der Waals surface area contributed by atoms with Crippen molar-refractivity contribution in [3.05, 3.63) is 29.8 Å². The Hall–Kier alpha value is -1.55. The van der Waals surface area contributed by atoms with Crippen molar-refractivity contribution in [1.29, 1.82) is 0 Å². The van der Waals surface area contributed by atoms with E-state index in [1.165, 1.54) is 5.56 Å². The molecule has 100 valence electrons. The maximum absolute atomic E-state index is 11.3. The van der Waals surface area contributed by atoms with Crippen molar-refractivity contribution >= 4 is 5.91 Å². The third-order valence-electron chi connectivity index (χ3n) is 2.76. The molecule has 1 amide bonds. The number of amides is 1. The first kappa shape index (κ1) is 14.5. The highest BCUT2D eigenvalue weighted by Gasteiger charge is 2.04. The van der Waals surface area contributed by atoms with Crippen molar-refractivity contribution in [3.8, 4) is 5.75 Å². The molecule has 0 spiro atoms. The SMILES string of the molecule is CCNC(=O)CCOc1cccc(C(C)NC)c1. The number of benzene rings is 1. The Morgan fingerprint density at radius 2 is 2.22 bits per heavy atom. The van der Waals surface area contributed by atoms with E-state index in [1.807, 2.05) is 32.2 Å². The quantitative estimate of drug-likeness (QED) is 0.776. The Morgan fingerprint density at radius 1 is 1.44 bits per heavy atom. The van der Waals surface area contributed by atoms with Gasteiger partial charge >= 0.3 is 0 Å². The van der Waals surface area contributed by atoms with E-state index in [0.29, 0.717) is 19.6 Å². The van der Waals surface area contributed by atoms with Crippen LogP contribution in [0.4, 0.5) is 0 Å². The number of carbonyl (C=O) groups is 1. The van der Waals surface area contributed by atoms with Crippen molar-refractivity contribution in [2.45, 2.75) is 26.3 Å². The molecule has 0 aliphatic carbocycles. The molecule has 0 aromatic heterocycles. The van der Waals surface area contributed by atoms with Crippen LogP contribution >= 0.6 is 0 Å². The van der Waals surface area contributed by atoms with Crippen LogP contribution < -0.4 is 15.4 Å². The van der Waals surface area contributed by atoms with Crippen molar-refractivity contribution in [2.75, 3.05) is 20.2 Å². The topological polar surface area (TPSA) is 50.4 Å². The molecule has 18 heavy (non-hydrogen) atoms. The van der Waals surface area contributed by atoms with Crippen LogP contribution in [0.1, 0.15) is 31.9 Å². The first-order valence-corrected chi connectivity index (χ1v) is 6.34. The summed E-state index contributed by atoms with van der Waals surface area (Å²) < 4.78 is 5.57. The highest BCUT2D eigenvalue weighted by Crippen LogP contribution is 2.18. The lowest BCUT2D eigenvalue weighted by atomic mass is 10.1. The fourth-order valence-electron chi connectivity index (χ4n) is 1.59. The van der Waals surface area contributed by atoms with Gasteiger partial charge < -0.3 is 15.4 Å². The van der Waals surface area contributed by atoms with Crippen LogP contribution in [-0.2, 0) is 4.79 Å². The Labute approximate surface area is 109 Å². The van der Waals surface area contributed by atoms with Gasteiger partial charge in [0.15, 0.2) is 0 Å². The standard InChI is InChI=1S/C14H22N2O2/c1-4-16-14(17)8-9-18-13-7-5-6-12(10-13)11(2)15-3/h5-7,10-11,15H,4,8-9H2,1-3H3,(H,16,17). The normalized spacial score (nSPS) is 11.9. The number of rotatable bonds is 7. The van der Waals surface area contributed by atoms with Crippen LogP contribution in [0.2, 0.25) is 0 Å². The molecule has 1 aromatic rings. The molecule has 0 aliphatic heterocycles. The van der Waals surface area contributed by atoms with Gasteiger partial charge in [-0.25, -0.2) is 0 Å². The zero-order valence-corrected chi connectivity index (χ0v) is 11.3. The van der Waals surface area contributed by atoms with Gasteiger partial charge in [0.25, 0.3) is 0 Å². The lowest BCUT2D eigenvalue weighted by Gasteiger charge is -2.12. The van der Waals surface area contributed by atoms with Crippen LogP contribution in [0, 0.1) is 0 Å². The van der Waals surface area contributed by atoms with Crippen molar-refractivity contribution in [2.24, 2.45) is 0 Å². The number of nitrogens with one attached hydrogen (secondary N) is 2. The van der Waals surface area contributed by atoms with E-state index in [0.717, 1.165) is 5.75 Å². The van der Waals surface area contributed by atoms with Gasteiger partial charge in [0, 0.05) is 12.6 Å². The smallest absolute Gasteiger partial charge is 0.223 e. The van der Waals surface area contributed by atoms with Gasteiger partial charge in [0.2, 0.25) is 5.91 Å². The van der Waals surface area contributed by atoms with Crippen LogP contribution in [0.5, 0.6) is 5.75 Å². The second-order valence-corrected chi connectivity index (χ2v) is 4.13. The van der Waals surface area contributed by atoms with Crippen molar-refractivity contribution in [3.63, 3.8) is 0 Å². The Morgan fingerprint density at radius 3 is 2.89 bits per heavy atom. The second kappa shape index (κ2) is 7.71. The van der Waals surface area contributed by atoms with Crippen LogP contribution in [-0.4, -0.2) is 26.1 Å². The zero-order chi connectivity index (χ0) is 13.4. The van der Waals surface area contributed by atoms with Crippen molar-refractivity contribution in [1.82, 2.24) is 10.6 Å². The Bertz CT molecular complexity index is 380. The first-order valence-electron chi connectivity index (χ1n) is 6.34. The predicted octanol–water partition coefficient (Wildman–Crippen LogP) is 1.87. The second-order valence-electron chi connectivity index (χ2n) is 4.13. The molecule has 4 nitrogen and oxygen atoms in total. The molecule has 0 saturated heterocycles. The van der Waals surface area contributed by atoms with E-state index >= 15 is 0 Å². The van der Waals surface area contributed by atoms with Crippen LogP contribution in [0.25, 0.3) is 0 Å². The van der Waals surface area contributed by atoms with Crippen LogP contribution in [0.15, 0.2) is 24.3 Å². The molecule has 0 bridgehead atoms. The van der Waals surface area contributed by atoms with E-state index in [1.54, 1.807) is 0 Å². The largest absolute Gasteiger partial charge is 0.493 e. The van der Waals surface area contributed by atoms with Gasteiger partial charge in [-0.1, -0.05) is 12.1 Å². The fourth-order valence-corrected chi connectivity index (χ4v) is 1.59. The molecule has 1 atom stereocenters. The molecule has 4 heteroatoms. The Balaban J connectivity index is 2.45. The monoisotopic (exact) mass is 250 g/mol.